The lowest BCUT2D eigenvalue weighted by molar-refractivity contribution is -0.122. The minimum Gasteiger partial charge on any atom is -0.504 e. The molecule has 8 nitrogen and oxygen atoms in total. The smallest absolute Gasteiger partial charge is 0.248 e. The summed E-state index contributed by atoms with van der Waals surface area (Å²) in [6.07, 6.45) is -1.30. The van der Waals surface area contributed by atoms with Crippen molar-refractivity contribution < 1.29 is 39.1 Å². The zero-order valence-corrected chi connectivity index (χ0v) is 13.3. The summed E-state index contributed by atoms with van der Waals surface area (Å²) in [5.41, 5.74) is -0.102. The van der Waals surface area contributed by atoms with Crippen LogP contribution in [0.3, 0.4) is 0 Å². The average Bonchev–Trinajstić information content (AvgIpc) is 2.58. The number of ketones is 2. The molecule has 0 spiro atoms. The van der Waals surface area contributed by atoms with Crippen LogP contribution in [0.25, 0.3) is 0 Å². The van der Waals surface area contributed by atoms with Crippen molar-refractivity contribution in [2.75, 3.05) is 14.2 Å². The van der Waals surface area contributed by atoms with Gasteiger partial charge < -0.3 is 29.5 Å². The number of hydrogen-bond acceptors (Lipinski definition) is 8. The predicted octanol–water partition coefficient (Wildman–Crippen LogP) is 1.71. The van der Waals surface area contributed by atoms with Crippen LogP contribution in [0.2, 0.25) is 0 Å². The van der Waals surface area contributed by atoms with Gasteiger partial charge in [-0.15, -0.1) is 0 Å². The van der Waals surface area contributed by atoms with Crippen molar-refractivity contribution in [3.63, 3.8) is 0 Å². The maximum Gasteiger partial charge on any atom is 0.248 e. The molecule has 0 aromatic heterocycles. The summed E-state index contributed by atoms with van der Waals surface area (Å²) < 4.78 is 15.3. The van der Waals surface area contributed by atoms with Crippen molar-refractivity contribution in [2.45, 2.75) is 6.10 Å². The van der Waals surface area contributed by atoms with Crippen LogP contribution in [0.4, 0.5) is 0 Å². The molecule has 0 aliphatic carbocycles. The van der Waals surface area contributed by atoms with Gasteiger partial charge in [0.2, 0.25) is 17.3 Å². The number of rotatable bonds is 3. The van der Waals surface area contributed by atoms with Gasteiger partial charge in [0.1, 0.15) is 11.3 Å². The molecule has 1 atom stereocenters. The monoisotopic (exact) mass is 346 g/mol. The Morgan fingerprint density at radius 1 is 1.00 bits per heavy atom. The van der Waals surface area contributed by atoms with E-state index in [0.29, 0.717) is 0 Å². The third kappa shape index (κ3) is 2.47. The SMILES string of the molecule is COc1cc(C2Oc3cc(O)c(OC)c(O)c3C(=O)C2=O)ccc1O. The minimum absolute atomic E-state index is 0.104. The van der Waals surface area contributed by atoms with Gasteiger partial charge in [-0.25, -0.2) is 0 Å². The summed E-state index contributed by atoms with van der Waals surface area (Å²) in [4.78, 5) is 24.8. The summed E-state index contributed by atoms with van der Waals surface area (Å²) in [5.74, 6) is -3.52. The van der Waals surface area contributed by atoms with Crippen LogP contribution in [0.1, 0.15) is 22.0 Å². The van der Waals surface area contributed by atoms with Crippen LogP contribution in [-0.4, -0.2) is 41.1 Å². The van der Waals surface area contributed by atoms with Gasteiger partial charge in [0.05, 0.1) is 14.2 Å². The number of hydrogen-bond donors (Lipinski definition) is 3. The Morgan fingerprint density at radius 3 is 2.36 bits per heavy atom. The number of Topliss-reactive ketones (excluding diaryl/α,β-unsaturated/α-hetero) is 2. The Labute approximate surface area is 141 Å². The first-order valence-corrected chi connectivity index (χ1v) is 7.14. The van der Waals surface area contributed by atoms with E-state index >= 15 is 0 Å². The average molecular weight is 346 g/mol. The van der Waals surface area contributed by atoms with Gasteiger partial charge in [-0.2, -0.15) is 0 Å². The first kappa shape index (κ1) is 16.4. The van der Waals surface area contributed by atoms with E-state index in [1.54, 1.807) is 0 Å². The number of phenolic OH excluding ortho intramolecular Hbond substituents is 3. The number of ether oxygens (including phenoxy) is 3. The quantitative estimate of drug-likeness (QED) is 0.718. The number of benzene rings is 2. The molecule has 25 heavy (non-hydrogen) atoms. The van der Waals surface area contributed by atoms with E-state index in [2.05, 4.69) is 0 Å². The Balaban J connectivity index is 2.11. The fourth-order valence-electron chi connectivity index (χ4n) is 2.63. The molecule has 1 heterocycles. The lowest BCUT2D eigenvalue weighted by Crippen LogP contribution is -2.31. The maximum atomic E-state index is 12.4. The highest BCUT2D eigenvalue weighted by molar-refractivity contribution is 6.47. The molecule has 1 aliphatic heterocycles. The predicted molar refractivity (Wildman–Crippen MR) is 83.7 cm³/mol. The number of carbonyl (C=O) groups excluding carboxylic acids is 2. The second-order valence-electron chi connectivity index (χ2n) is 5.27. The second kappa shape index (κ2) is 5.90. The van der Waals surface area contributed by atoms with E-state index in [1.165, 1.54) is 32.4 Å². The van der Waals surface area contributed by atoms with Crippen molar-refractivity contribution in [3.05, 3.63) is 35.4 Å². The van der Waals surface area contributed by atoms with Crippen LogP contribution in [0.15, 0.2) is 24.3 Å². The van der Waals surface area contributed by atoms with E-state index in [-0.39, 0.29) is 34.1 Å². The molecule has 1 unspecified atom stereocenters. The molecule has 3 N–H and O–H groups in total. The van der Waals surface area contributed by atoms with Crippen LogP contribution in [0.5, 0.6) is 34.5 Å². The number of aromatic hydroxyl groups is 3. The lowest BCUT2D eigenvalue weighted by atomic mass is 9.93. The molecule has 0 saturated carbocycles. The van der Waals surface area contributed by atoms with E-state index in [9.17, 15) is 24.9 Å². The van der Waals surface area contributed by atoms with Crippen LogP contribution in [0, 0.1) is 0 Å². The standard InChI is InChI=1S/C17H14O8/c1-23-10-5-7(3-4-8(10)18)16-15(22)13(20)12-11(25-16)6-9(19)17(24-2)14(12)21/h3-6,16,18-19,21H,1-2H3. The molecule has 0 saturated heterocycles. The van der Waals surface area contributed by atoms with Gasteiger partial charge >= 0.3 is 0 Å². The summed E-state index contributed by atoms with van der Waals surface area (Å²) in [6, 6.07) is 5.15. The van der Waals surface area contributed by atoms with E-state index in [0.717, 1.165) is 6.07 Å². The first-order chi connectivity index (χ1) is 11.9. The van der Waals surface area contributed by atoms with Gasteiger partial charge in [-0.1, -0.05) is 6.07 Å². The molecular formula is C17H14O8. The second-order valence-corrected chi connectivity index (χ2v) is 5.27. The Kier molecular flexibility index (Phi) is 3.88. The minimum atomic E-state index is -1.30. The van der Waals surface area contributed by atoms with E-state index < -0.39 is 29.2 Å². The van der Waals surface area contributed by atoms with E-state index in [4.69, 9.17) is 14.2 Å². The van der Waals surface area contributed by atoms with Gasteiger partial charge in [0, 0.05) is 11.6 Å². The van der Waals surface area contributed by atoms with Crippen LogP contribution in [-0.2, 0) is 4.79 Å². The van der Waals surface area contributed by atoms with Crippen LogP contribution < -0.4 is 14.2 Å². The molecule has 8 heteroatoms. The van der Waals surface area contributed by atoms with Gasteiger partial charge in [0.25, 0.3) is 0 Å². The van der Waals surface area contributed by atoms with Gasteiger partial charge in [-0.05, 0) is 12.1 Å². The maximum absolute atomic E-state index is 12.4. The fourth-order valence-corrected chi connectivity index (χ4v) is 2.63. The largest absolute Gasteiger partial charge is 0.504 e. The van der Waals surface area contributed by atoms with Crippen molar-refractivity contribution in [1.29, 1.82) is 0 Å². The van der Waals surface area contributed by atoms with Crippen LogP contribution >= 0.6 is 0 Å². The summed E-state index contributed by atoms with van der Waals surface area (Å²) in [5, 5.41) is 29.6. The third-order valence-corrected chi connectivity index (χ3v) is 3.84. The molecule has 0 fully saturated rings. The third-order valence-electron chi connectivity index (χ3n) is 3.84. The zero-order valence-electron chi connectivity index (χ0n) is 13.3. The molecule has 2 aromatic rings. The fraction of sp³-hybridized carbons (Fsp3) is 0.176. The Morgan fingerprint density at radius 2 is 1.72 bits per heavy atom. The molecular weight excluding hydrogens is 332 g/mol. The molecule has 0 radical (unpaired) electrons. The van der Waals surface area contributed by atoms with Crippen molar-refractivity contribution >= 4 is 11.6 Å². The number of carbonyl (C=O) groups is 2. The Bertz CT molecular complexity index is 887. The highest BCUT2D eigenvalue weighted by Crippen LogP contribution is 2.47. The highest BCUT2D eigenvalue weighted by Gasteiger charge is 2.40. The topological polar surface area (TPSA) is 123 Å². The summed E-state index contributed by atoms with van der Waals surface area (Å²) in [6.45, 7) is 0. The number of phenols is 3. The molecule has 1 aliphatic rings. The first-order valence-electron chi connectivity index (χ1n) is 7.14. The van der Waals surface area contributed by atoms with Crippen molar-refractivity contribution in [3.8, 4) is 34.5 Å². The highest BCUT2D eigenvalue weighted by atomic mass is 16.5. The summed E-state index contributed by atoms with van der Waals surface area (Å²) in [7, 11) is 2.54. The normalized spacial score (nSPS) is 16.2. The van der Waals surface area contributed by atoms with Crippen molar-refractivity contribution in [1.82, 2.24) is 0 Å². The molecule has 0 amide bonds. The van der Waals surface area contributed by atoms with E-state index in [1.807, 2.05) is 0 Å². The van der Waals surface area contributed by atoms with Gasteiger partial charge in [0.15, 0.2) is 29.1 Å². The number of methoxy groups -OCH3 is 2. The molecule has 3 rings (SSSR count). The molecule has 2 aromatic carbocycles. The lowest BCUT2D eigenvalue weighted by Gasteiger charge is -2.25. The number of fused-ring (bicyclic) bond motifs is 1. The zero-order chi connectivity index (χ0) is 18.3. The summed E-state index contributed by atoms with van der Waals surface area (Å²) >= 11 is 0. The molecule has 0 bridgehead atoms. The van der Waals surface area contributed by atoms with Crippen molar-refractivity contribution in [2.24, 2.45) is 0 Å². The van der Waals surface area contributed by atoms with Gasteiger partial charge in [-0.3, -0.25) is 9.59 Å². The Hall–Kier alpha value is -3.42. The molecule has 130 valence electrons.